The molecule has 0 aliphatic heterocycles. The molecule has 0 atom stereocenters. The van der Waals surface area contributed by atoms with Crippen molar-refractivity contribution in [2.45, 2.75) is 20.8 Å². The van der Waals surface area contributed by atoms with Crippen molar-refractivity contribution < 1.29 is 19.1 Å². The minimum Gasteiger partial charge on any atom is -0.423 e. The van der Waals surface area contributed by atoms with Crippen molar-refractivity contribution in [3.05, 3.63) is 94.5 Å². The lowest BCUT2D eigenvalue weighted by Gasteiger charge is -2.13. The quantitative estimate of drug-likeness (QED) is 0.482. The molecule has 4 heteroatoms. The Hall–Kier alpha value is -3.40. The number of benzene rings is 3. The zero-order chi connectivity index (χ0) is 19.4. The number of carbonyl (C=O) groups excluding carboxylic acids is 2. The van der Waals surface area contributed by atoms with Crippen LogP contribution in [0.5, 0.6) is 11.5 Å². The summed E-state index contributed by atoms with van der Waals surface area (Å²) in [5.74, 6) is -0.172. The van der Waals surface area contributed by atoms with Gasteiger partial charge < -0.3 is 9.47 Å². The van der Waals surface area contributed by atoms with Gasteiger partial charge in [0.25, 0.3) is 0 Å². The molecule has 0 amide bonds. The molecule has 0 unspecified atom stereocenters. The Bertz CT molecular complexity index is 927. The van der Waals surface area contributed by atoms with Gasteiger partial charge in [0.05, 0.1) is 11.1 Å². The molecule has 0 aliphatic rings. The van der Waals surface area contributed by atoms with E-state index in [4.69, 9.17) is 9.47 Å². The van der Waals surface area contributed by atoms with Gasteiger partial charge in [-0.3, -0.25) is 0 Å². The van der Waals surface area contributed by atoms with Crippen LogP contribution < -0.4 is 9.47 Å². The molecule has 0 aliphatic carbocycles. The Morgan fingerprint density at radius 3 is 1.41 bits per heavy atom. The minimum atomic E-state index is -0.446. The van der Waals surface area contributed by atoms with Gasteiger partial charge >= 0.3 is 11.9 Å². The second-order valence-corrected chi connectivity index (χ2v) is 6.29. The van der Waals surface area contributed by atoms with Crippen molar-refractivity contribution >= 4 is 11.9 Å². The van der Waals surface area contributed by atoms with Crippen molar-refractivity contribution in [2.75, 3.05) is 0 Å². The van der Waals surface area contributed by atoms with Crippen LogP contribution in [0.25, 0.3) is 0 Å². The van der Waals surface area contributed by atoms with E-state index >= 15 is 0 Å². The molecule has 3 aromatic carbocycles. The van der Waals surface area contributed by atoms with E-state index in [0.717, 1.165) is 11.1 Å². The maximum Gasteiger partial charge on any atom is 0.343 e. The number of hydrogen-bond acceptors (Lipinski definition) is 4. The Kier molecular flexibility index (Phi) is 5.36. The Balaban J connectivity index is 1.82. The highest BCUT2D eigenvalue weighted by molar-refractivity contribution is 5.94. The first-order valence-electron chi connectivity index (χ1n) is 8.62. The second kappa shape index (κ2) is 7.87. The lowest BCUT2D eigenvalue weighted by molar-refractivity contribution is 0.0729. The fourth-order valence-electron chi connectivity index (χ4n) is 2.73. The molecule has 0 fully saturated rings. The molecule has 0 N–H and O–H groups in total. The number of ether oxygens (including phenoxy) is 2. The van der Waals surface area contributed by atoms with E-state index < -0.39 is 11.9 Å². The van der Waals surface area contributed by atoms with Crippen LogP contribution in [-0.2, 0) is 0 Å². The molecule has 3 aromatic rings. The molecule has 0 radical (unpaired) electrons. The Labute approximate surface area is 158 Å². The van der Waals surface area contributed by atoms with Crippen LogP contribution >= 0.6 is 0 Å². The topological polar surface area (TPSA) is 52.6 Å². The highest BCUT2D eigenvalue weighted by Crippen LogP contribution is 2.29. The summed E-state index contributed by atoms with van der Waals surface area (Å²) in [5.41, 5.74) is 3.25. The third-order valence-electron chi connectivity index (χ3n) is 4.37. The van der Waals surface area contributed by atoms with E-state index in [2.05, 4.69) is 0 Å². The second-order valence-electron chi connectivity index (χ2n) is 6.29. The molecule has 3 rings (SSSR count). The Morgan fingerprint density at radius 2 is 1.00 bits per heavy atom. The predicted octanol–water partition coefficient (Wildman–Crippen LogP) is 5.05. The fourth-order valence-corrected chi connectivity index (χ4v) is 2.73. The van der Waals surface area contributed by atoms with Gasteiger partial charge in [0, 0.05) is 5.56 Å². The van der Waals surface area contributed by atoms with Gasteiger partial charge in [0.15, 0.2) is 0 Å². The lowest BCUT2D eigenvalue weighted by Crippen LogP contribution is -2.13. The molecule has 4 nitrogen and oxygen atoms in total. The fraction of sp³-hybridized carbons (Fsp3) is 0.130. The monoisotopic (exact) mass is 360 g/mol. The van der Waals surface area contributed by atoms with Gasteiger partial charge in [-0.25, -0.2) is 9.59 Å². The highest BCUT2D eigenvalue weighted by atomic mass is 16.5. The zero-order valence-corrected chi connectivity index (χ0v) is 15.5. The molecule has 0 aromatic heterocycles. The van der Waals surface area contributed by atoms with E-state index in [1.54, 1.807) is 49.4 Å². The molecule has 136 valence electrons. The van der Waals surface area contributed by atoms with Gasteiger partial charge in [-0.05, 0) is 56.2 Å². The van der Waals surface area contributed by atoms with Crippen LogP contribution in [0.3, 0.4) is 0 Å². The number of esters is 2. The summed E-state index contributed by atoms with van der Waals surface area (Å²) in [5, 5.41) is 0. The first-order valence-corrected chi connectivity index (χ1v) is 8.62. The molecular weight excluding hydrogens is 340 g/mol. The van der Waals surface area contributed by atoms with E-state index in [9.17, 15) is 9.59 Å². The smallest absolute Gasteiger partial charge is 0.343 e. The van der Waals surface area contributed by atoms with Gasteiger partial charge in [-0.15, -0.1) is 0 Å². The molecule has 0 heterocycles. The molecule has 0 spiro atoms. The lowest BCUT2D eigenvalue weighted by atomic mass is 10.1. The SMILES string of the molecule is Cc1ccccc1C(=O)Oc1cccc(OC(=O)c2ccccc2C)c1C. The third-order valence-corrected chi connectivity index (χ3v) is 4.37. The predicted molar refractivity (Wildman–Crippen MR) is 103 cm³/mol. The van der Waals surface area contributed by atoms with Crippen LogP contribution in [0.4, 0.5) is 0 Å². The maximum atomic E-state index is 12.5. The molecule has 0 saturated heterocycles. The van der Waals surface area contributed by atoms with Gasteiger partial charge in [-0.1, -0.05) is 42.5 Å². The average Bonchev–Trinajstić information content (AvgIpc) is 2.65. The Morgan fingerprint density at radius 1 is 0.593 bits per heavy atom. The van der Waals surface area contributed by atoms with Crippen LogP contribution in [0.1, 0.15) is 37.4 Å². The van der Waals surface area contributed by atoms with Crippen molar-refractivity contribution in [2.24, 2.45) is 0 Å². The van der Waals surface area contributed by atoms with E-state index in [-0.39, 0.29) is 0 Å². The summed E-state index contributed by atoms with van der Waals surface area (Å²) in [6, 6.07) is 19.5. The summed E-state index contributed by atoms with van der Waals surface area (Å²) in [7, 11) is 0. The van der Waals surface area contributed by atoms with Crippen LogP contribution in [0.2, 0.25) is 0 Å². The molecule has 27 heavy (non-hydrogen) atoms. The summed E-state index contributed by atoms with van der Waals surface area (Å²) in [6.07, 6.45) is 0. The van der Waals surface area contributed by atoms with E-state index in [1.165, 1.54) is 0 Å². The van der Waals surface area contributed by atoms with Crippen LogP contribution in [0, 0.1) is 20.8 Å². The average molecular weight is 360 g/mol. The molecule has 0 saturated carbocycles. The molecular formula is C23H20O4. The van der Waals surface area contributed by atoms with Crippen LogP contribution in [-0.4, -0.2) is 11.9 Å². The van der Waals surface area contributed by atoms with Crippen molar-refractivity contribution in [1.29, 1.82) is 0 Å². The molecule has 0 bridgehead atoms. The normalized spacial score (nSPS) is 10.3. The van der Waals surface area contributed by atoms with Gasteiger partial charge in [0.1, 0.15) is 11.5 Å². The van der Waals surface area contributed by atoms with Gasteiger partial charge in [-0.2, -0.15) is 0 Å². The first-order chi connectivity index (χ1) is 13.0. The van der Waals surface area contributed by atoms with Crippen molar-refractivity contribution in [1.82, 2.24) is 0 Å². The van der Waals surface area contributed by atoms with Crippen molar-refractivity contribution in [3.8, 4) is 11.5 Å². The summed E-state index contributed by atoms with van der Waals surface area (Å²) in [6.45, 7) is 5.45. The largest absolute Gasteiger partial charge is 0.423 e. The standard InChI is InChI=1S/C23H20O4/c1-15-9-4-6-11-18(15)22(24)26-20-13-8-14-21(17(20)3)27-23(25)19-12-7-5-10-16(19)2/h4-14H,1-3H3. The van der Waals surface area contributed by atoms with Gasteiger partial charge in [0.2, 0.25) is 0 Å². The third kappa shape index (κ3) is 4.06. The minimum absolute atomic E-state index is 0.360. The van der Waals surface area contributed by atoms with Crippen LogP contribution in [0.15, 0.2) is 66.7 Å². The number of carbonyl (C=O) groups is 2. The summed E-state index contributed by atoms with van der Waals surface area (Å²) in [4.78, 5) is 24.9. The van der Waals surface area contributed by atoms with E-state index in [1.807, 2.05) is 38.1 Å². The maximum absolute atomic E-state index is 12.5. The number of rotatable bonds is 4. The summed E-state index contributed by atoms with van der Waals surface area (Å²) < 4.78 is 11.1. The number of hydrogen-bond donors (Lipinski definition) is 0. The first kappa shape index (κ1) is 18.4. The van der Waals surface area contributed by atoms with E-state index in [0.29, 0.717) is 28.2 Å². The highest BCUT2D eigenvalue weighted by Gasteiger charge is 2.17. The van der Waals surface area contributed by atoms with Crippen molar-refractivity contribution in [3.63, 3.8) is 0 Å². The number of aryl methyl sites for hydroxylation is 2. The summed E-state index contributed by atoms with van der Waals surface area (Å²) >= 11 is 0. The zero-order valence-electron chi connectivity index (χ0n) is 15.5.